The molecule has 0 bridgehead atoms. The number of hydrazine groups is 1. The quantitative estimate of drug-likeness (QED) is 0.386. The highest BCUT2D eigenvalue weighted by atomic mass is 32.1. The van der Waals surface area contributed by atoms with E-state index in [0.717, 1.165) is 22.1 Å². The van der Waals surface area contributed by atoms with Gasteiger partial charge in [-0.2, -0.15) is 4.98 Å². The van der Waals surface area contributed by atoms with Crippen LogP contribution < -0.4 is 17.0 Å². The van der Waals surface area contributed by atoms with Crippen LogP contribution >= 0.6 is 11.3 Å². The molecule has 100 valence electrons. The maximum atomic E-state index is 10.8. The van der Waals surface area contributed by atoms with E-state index in [1.165, 1.54) is 11.3 Å². The first-order valence-electron chi connectivity index (χ1n) is 5.80. The number of nitrogens with two attached hydrogens (primary N) is 2. The summed E-state index contributed by atoms with van der Waals surface area (Å²) in [4.78, 5) is 20.6. The zero-order valence-corrected chi connectivity index (χ0v) is 11.1. The van der Waals surface area contributed by atoms with E-state index < -0.39 is 0 Å². The van der Waals surface area contributed by atoms with Crippen LogP contribution in [0.4, 0.5) is 11.8 Å². The number of anilines is 2. The number of hydrogen-bond acceptors (Lipinski definition) is 7. The summed E-state index contributed by atoms with van der Waals surface area (Å²) in [5.41, 5.74) is 9.82. The minimum Gasteiger partial charge on any atom is -0.368 e. The Morgan fingerprint density at radius 1 is 1.20 bits per heavy atom. The molecule has 6 nitrogen and oxygen atoms in total. The third-order valence-corrected chi connectivity index (χ3v) is 3.94. The minimum atomic E-state index is 0.164. The summed E-state index contributed by atoms with van der Waals surface area (Å²) in [6.45, 7) is 0. The molecule has 1 aromatic carbocycles. The predicted octanol–water partition coefficient (Wildman–Crippen LogP) is 2.04. The maximum Gasteiger partial charge on any atom is 0.222 e. The number of nitrogen functional groups attached to an aromatic ring is 2. The lowest BCUT2D eigenvalue weighted by atomic mass is 10.1. The lowest BCUT2D eigenvalue weighted by Gasteiger charge is -2.07. The van der Waals surface area contributed by atoms with Crippen LogP contribution in [0, 0.1) is 0 Å². The second kappa shape index (κ2) is 4.87. The van der Waals surface area contributed by atoms with Crippen LogP contribution in [0.2, 0.25) is 0 Å². The number of thiophene rings is 1. The molecule has 0 radical (unpaired) electrons. The van der Waals surface area contributed by atoms with Gasteiger partial charge in [-0.3, -0.25) is 4.79 Å². The zero-order valence-electron chi connectivity index (χ0n) is 10.3. The van der Waals surface area contributed by atoms with E-state index >= 15 is 0 Å². The molecular formula is C13H11N5OS. The number of nitrogens with zero attached hydrogens (tertiary/aromatic N) is 2. The fourth-order valence-electron chi connectivity index (χ4n) is 1.98. The van der Waals surface area contributed by atoms with Gasteiger partial charge in [-0.05, 0) is 29.8 Å². The Morgan fingerprint density at radius 2 is 2.05 bits per heavy atom. The van der Waals surface area contributed by atoms with Gasteiger partial charge in [0.05, 0.1) is 10.4 Å². The van der Waals surface area contributed by atoms with Crippen LogP contribution in [0.1, 0.15) is 9.67 Å². The number of carbonyl (C=O) groups is 1. The molecule has 3 aromatic rings. The van der Waals surface area contributed by atoms with Crippen molar-refractivity contribution in [3.8, 4) is 10.4 Å². The Bertz CT molecular complexity index is 799. The van der Waals surface area contributed by atoms with Crippen molar-refractivity contribution in [2.75, 3.05) is 11.2 Å². The first kappa shape index (κ1) is 12.5. The fraction of sp³-hybridized carbons (Fsp3) is 0. The van der Waals surface area contributed by atoms with E-state index in [1.807, 2.05) is 24.3 Å². The normalized spacial score (nSPS) is 10.7. The summed E-state index contributed by atoms with van der Waals surface area (Å²) < 4.78 is 0. The number of aromatic nitrogens is 2. The van der Waals surface area contributed by atoms with Crippen LogP contribution in [0.3, 0.4) is 0 Å². The maximum absolute atomic E-state index is 10.8. The molecule has 5 N–H and O–H groups in total. The Balaban J connectivity index is 2.18. The van der Waals surface area contributed by atoms with E-state index in [1.54, 1.807) is 6.07 Å². The molecule has 0 aliphatic rings. The van der Waals surface area contributed by atoms with Gasteiger partial charge in [0.1, 0.15) is 0 Å². The Morgan fingerprint density at radius 3 is 2.75 bits per heavy atom. The average Bonchev–Trinajstić information content (AvgIpc) is 2.94. The third-order valence-electron chi connectivity index (χ3n) is 2.88. The van der Waals surface area contributed by atoms with Gasteiger partial charge in [-0.1, -0.05) is 6.07 Å². The van der Waals surface area contributed by atoms with Crippen molar-refractivity contribution < 1.29 is 4.79 Å². The third kappa shape index (κ3) is 2.09. The van der Waals surface area contributed by atoms with Gasteiger partial charge in [-0.25, -0.2) is 10.8 Å². The number of fused-ring (bicyclic) bond motifs is 1. The second-order valence-electron chi connectivity index (χ2n) is 4.13. The predicted molar refractivity (Wildman–Crippen MR) is 80.5 cm³/mol. The first-order valence-corrected chi connectivity index (χ1v) is 6.62. The number of aldehydes is 1. The number of nitrogens with one attached hydrogen (secondary N) is 1. The van der Waals surface area contributed by atoms with Crippen molar-refractivity contribution in [2.24, 2.45) is 5.84 Å². The largest absolute Gasteiger partial charge is 0.368 e. The SMILES string of the molecule is NNc1nc(N)nc2ccc(-c3ccc(C=O)s3)cc12. The molecule has 0 unspecified atom stereocenters. The lowest BCUT2D eigenvalue weighted by molar-refractivity contribution is 0.112. The molecular weight excluding hydrogens is 274 g/mol. The van der Waals surface area contributed by atoms with Crippen molar-refractivity contribution in [1.82, 2.24) is 9.97 Å². The monoisotopic (exact) mass is 285 g/mol. The molecule has 0 amide bonds. The van der Waals surface area contributed by atoms with Crippen LogP contribution in [0.25, 0.3) is 21.3 Å². The average molecular weight is 285 g/mol. The van der Waals surface area contributed by atoms with Crippen LogP contribution in [-0.4, -0.2) is 16.3 Å². The molecule has 20 heavy (non-hydrogen) atoms. The van der Waals surface area contributed by atoms with E-state index in [0.29, 0.717) is 16.2 Å². The molecule has 0 fully saturated rings. The summed E-state index contributed by atoms with van der Waals surface area (Å²) >= 11 is 1.43. The van der Waals surface area contributed by atoms with Gasteiger partial charge >= 0.3 is 0 Å². The number of carbonyl (C=O) groups excluding carboxylic acids is 1. The zero-order chi connectivity index (χ0) is 14.1. The number of hydrogen-bond donors (Lipinski definition) is 3. The molecule has 0 saturated carbocycles. The molecule has 2 heterocycles. The Kier molecular flexibility index (Phi) is 3.05. The van der Waals surface area contributed by atoms with Gasteiger partial charge in [0.15, 0.2) is 12.1 Å². The van der Waals surface area contributed by atoms with Crippen molar-refractivity contribution in [1.29, 1.82) is 0 Å². The first-order chi connectivity index (χ1) is 9.71. The molecule has 7 heteroatoms. The summed E-state index contributed by atoms with van der Waals surface area (Å²) in [6, 6.07) is 9.39. The molecule has 3 rings (SSSR count). The fourth-order valence-corrected chi connectivity index (χ4v) is 2.80. The second-order valence-corrected chi connectivity index (χ2v) is 5.24. The van der Waals surface area contributed by atoms with Crippen molar-refractivity contribution in [3.63, 3.8) is 0 Å². The van der Waals surface area contributed by atoms with Crippen LogP contribution in [0.5, 0.6) is 0 Å². The van der Waals surface area contributed by atoms with Crippen LogP contribution in [0.15, 0.2) is 30.3 Å². The molecule has 2 aromatic heterocycles. The number of rotatable bonds is 3. The highest BCUT2D eigenvalue weighted by molar-refractivity contribution is 7.17. The van der Waals surface area contributed by atoms with E-state index in [9.17, 15) is 4.79 Å². The molecule has 0 spiro atoms. The van der Waals surface area contributed by atoms with E-state index in [4.69, 9.17) is 11.6 Å². The van der Waals surface area contributed by atoms with Crippen molar-refractivity contribution >= 4 is 40.3 Å². The van der Waals surface area contributed by atoms with Gasteiger partial charge in [0, 0.05) is 10.3 Å². The standard InChI is InChI=1S/C13H11N5OS/c14-13-16-10-3-1-7(5-9(10)12(17-13)18-15)11-4-2-8(6-19)20-11/h1-6H,15H2,(H3,14,16,17,18). The highest BCUT2D eigenvalue weighted by Crippen LogP contribution is 2.31. The minimum absolute atomic E-state index is 0.164. The topological polar surface area (TPSA) is 107 Å². The lowest BCUT2D eigenvalue weighted by Crippen LogP contribution is -2.11. The summed E-state index contributed by atoms with van der Waals surface area (Å²) in [6.07, 6.45) is 0.839. The molecule has 0 aliphatic carbocycles. The van der Waals surface area contributed by atoms with E-state index in [2.05, 4.69) is 15.4 Å². The van der Waals surface area contributed by atoms with E-state index in [-0.39, 0.29) is 5.95 Å². The van der Waals surface area contributed by atoms with Crippen LogP contribution in [-0.2, 0) is 0 Å². The molecule has 0 saturated heterocycles. The van der Waals surface area contributed by atoms with Gasteiger partial charge in [-0.15, -0.1) is 11.3 Å². The molecule has 0 aliphatic heterocycles. The van der Waals surface area contributed by atoms with Gasteiger partial charge < -0.3 is 11.2 Å². The van der Waals surface area contributed by atoms with Gasteiger partial charge in [0.25, 0.3) is 0 Å². The van der Waals surface area contributed by atoms with Gasteiger partial charge in [0.2, 0.25) is 5.95 Å². The summed E-state index contributed by atoms with van der Waals surface area (Å²) in [7, 11) is 0. The Labute approximate surface area is 118 Å². The summed E-state index contributed by atoms with van der Waals surface area (Å²) in [5, 5.41) is 0.778. The van der Waals surface area contributed by atoms with Crippen molar-refractivity contribution in [3.05, 3.63) is 35.2 Å². The highest BCUT2D eigenvalue weighted by Gasteiger charge is 2.08. The summed E-state index contributed by atoms with van der Waals surface area (Å²) in [5.74, 6) is 6.10. The smallest absolute Gasteiger partial charge is 0.222 e. The number of benzene rings is 1. The van der Waals surface area contributed by atoms with Crippen molar-refractivity contribution in [2.45, 2.75) is 0 Å². The molecule has 0 atom stereocenters. The Hall–Kier alpha value is -2.51.